The molecule has 0 saturated carbocycles. The molecule has 1 fully saturated rings. The molecule has 2 amide bonds. The molecule has 1 aliphatic rings. The van der Waals surface area contributed by atoms with Crippen molar-refractivity contribution in [3.63, 3.8) is 0 Å². The van der Waals surface area contributed by atoms with Crippen molar-refractivity contribution in [2.75, 3.05) is 36.4 Å². The van der Waals surface area contributed by atoms with Crippen LogP contribution in [0.15, 0.2) is 47.1 Å². The lowest BCUT2D eigenvalue weighted by Gasteiger charge is -2.36. The number of hydrogen-bond acceptors (Lipinski definition) is 5. The summed E-state index contributed by atoms with van der Waals surface area (Å²) in [5.74, 6) is -0.110. The molecule has 1 saturated heterocycles. The van der Waals surface area contributed by atoms with Crippen molar-refractivity contribution >= 4 is 40.5 Å². The van der Waals surface area contributed by atoms with E-state index >= 15 is 0 Å². The number of carbonyl (C=O) groups is 2. The van der Waals surface area contributed by atoms with E-state index in [4.69, 9.17) is 16.6 Å². The van der Waals surface area contributed by atoms with Gasteiger partial charge in [0.1, 0.15) is 0 Å². The first-order valence-electron chi connectivity index (χ1n) is 8.30. The molecular weight excluding hydrogens is 352 g/mol. The predicted molar refractivity (Wildman–Crippen MR) is 103 cm³/mol. The minimum atomic E-state index is -0.403. The summed E-state index contributed by atoms with van der Waals surface area (Å²) in [7, 11) is 0. The minimum Gasteiger partial charge on any atom is -0.459 e. The molecular formula is C18H20N4O3S. The maximum Gasteiger partial charge on any atom is 0.293 e. The Balaban J connectivity index is 1.65. The fourth-order valence-corrected chi connectivity index (χ4v) is 3.05. The molecule has 2 N–H and O–H groups in total. The van der Waals surface area contributed by atoms with Gasteiger partial charge in [0.25, 0.3) is 5.91 Å². The number of amides is 2. The minimum absolute atomic E-state index is 0.0953. The number of benzene rings is 1. The van der Waals surface area contributed by atoms with Crippen molar-refractivity contribution in [3.8, 4) is 0 Å². The molecule has 0 unspecified atom stereocenters. The van der Waals surface area contributed by atoms with Gasteiger partial charge in [0, 0.05) is 33.1 Å². The molecule has 26 heavy (non-hydrogen) atoms. The largest absolute Gasteiger partial charge is 0.459 e. The highest BCUT2D eigenvalue weighted by Crippen LogP contribution is 2.26. The SMILES string of the molecule is CC(=O)N1CCN(c2ccccc2NC(=S)NC(=O)c2ccco2)CC1. The Morgan fingerprint density at radius 2 is 1.81 bits per heavy atom. The van der Waals surface area contributed by atoms with Crippen LogP contribution in [0.4, 0.5) is 11.4 Å². The Morgan fingerprint density at radius 3 is 2.46 bits per heavy atom. The van der Waals surface area contributed by atoms with Crippen molar-refractivity contribution < 1.29 is 14.0 Å². The second kappa shape index (κ2) is 8.01. The van der Waals surface area contributed by atoms with Crippen LogP contribution in [0, 0.1) is 0 Å². The Labute approximate surface area is 156 Å². The number of furan rings is 1. The van der Waals surface area contributed by atoms with Gasteiger partial charge in [0.2, 0.25) is 5.91 Å². The third kappa shape index (κ3) is 4.20. The smallest absolute Gasteiger partial charge is 0.293 e. The maximum absolute atomic E-state index is 12.0. The molecule has 7 nitrogen and oxygen atoms in total. The number of anilines is 2. The van der Waals surface area contributed by atoms with Gasteiger partial charge in [-0.25, -0.2) is 0 Å². The van der Waals surface area contributed by atoms with E-state index in [9.17, 15) is 9.59 Å². The highest BCUT2D eigenvalue weighted by atomic mass is 32.1. The first-order valence-corrected chi connectivity index (χ1v) is 8.71. The van der Waals surface area contributed by atoms with E-state index in [-0.39, 0.29) is 16.8 Å². The lowest BCUT2D eigenvalue weighted by molar-refractivity contribution is -0.129. The van der Waals surface area contributed by atoms with Gasteiger partial charge in [0.15, 0.2) is 10.9 Å². The third-order valence-electron chi connectivity index (χ3n) is 4.19. The molecule has 136 valence electrons. The number of nitrogens with zero attached hydrogens (tertiary/aromatic N) is 2. The number of thiocarbonyl (C=S) groups is 1. The molecule has 0 atom stereocenters. The summed E-state index contributed by atoms with van der Waals surface area (Å²) in [5, 5.41) is 5.87. The van der Waals surface area contributed by atoms with E-state index < -0.39 is 5.91 Å². The van der Waals surface area contributed by atoms with E-state index in [1.165, 1.54) is 6.26 Å². The summed E-state index contributed by atoms with van der Waals surface area (Å²) in [4.78, 5) is 27.5. The van der Waals surface area contributed by atoms with E-state index in [1.807, 2.05) is 29.2 Å². The lowest BCUT2D eigenvalue weighted by Crippen LogP contribution is -2.48. The average Bonchev–Trinajstić information content (AvgIpc) is 3.17. The van der Waals surface area contributed by atoms with Gasteiger partial charge in [-0.2, -0.15) is 0 Å². The first-order chi connectivity index (χ1) is 12.5. The highest BCUT2D eigenvalue weighted by Gasteiger charge is 2.21. The molecule has 8 heteroatoms. The van der Waals surface area contributed by atoms with Gasteiger partial charge >= 0.3 is 0 Å². The summed E-state index contributed by atoms with van der Waals surface area (Å²) >= 11 is 5.24. The second-order valence-corrected chi connectivity index (χ2v) is 6.30. The van der Waals surface area contributed by atoms with Crippen LogP contribution in [0.1, 0.15) is 17.5 Å². The lowest BCUT2D eigenvalue weighted by atomic mass is 10.2. The number of nitrogens with one attached hydrogen (secondary N) is 2. The number of piperazine rings is 1. The van der Waals surface area contributed by atoms with Gasteiger partial charge in [-0.15, -0.1) is 0 Å². The number of para-hydroxylation sites is 2. The van der Waals surface area contributed by atoms with Gasteiger partial charge in [-0.05, 0) is 36.5 Å². The van der Waals surface area contributed by atoms with Gasteiger partial charge in [-0.3, -0.25) is 14.9 Å². The normalized spacial score (nSPS) is 14.0. The van der Waals surface area contributed by atoms with E-state index in [0.717, 1.165) is 24.5 Å². The number of rotatable bonds is 3. The van der Waals surface area contributed by atoms with Crippen LogP contribution in [-0.2, 0) is 4.79 Å². The third-order valence-corrected chi connectivity index (χ3v) is 4.39. The predicted octanol–water partition coefficient (Wildman–Crippen LogP) is 2.07. The molecule has 1 aromatic carbocycles. The van der Waals surface area contributed by atoms with Gasteiger partial charge in [-0.1, -0.05) is 12.1 Å². The molecule has 2 heterocycles. The molecule has 0 bridgehead atoms. The molecule has 1 aliphatic heterocycles. The van der Waals surface area contributed by atoms with Crippen molar-refractivity contribution in [1.82, 2.24) is 10.2 Å². The van der Waals surface area contributed by atoms with Gasteiger partial charge < -0.3 is 19.5 Å². The zero-order chi connectivity index (χ0) is 18.5. The maximum atomic E-state index is 12.0. The Morgan fingerprint density at radius 1 is 1.08 bits per heavy atom. The van der Waals surface area contributed by atoms with Crippen molar-refractivity contribution in [2.45, 2.75) is 6.92 Å². The summed E-state index contributed by atoms with van der Waals surface area (Å²) in [6.45, 7) is 4.44. The standard InChI is InChI=1S/C18H20N4O3S/c1-13(23)21-8-10-22(11-9-21)15-6-3-2-5-14(15)19-18(26)20-17(24)16-7-4-12-25-16/h2-7,12H,8-11H2,1H3,(H2,19,20,24,26). The van der Waals surface area contributed by atoms with Crippen molar-refractivity contribution in [1.29, 1.82) is 0 Å². The van der Waals surface area contributed by atoms with Crippen LogP contribution in [0.2, 0.25) is 0 Å². The summed E-state index contributed by atoms with van der Waals surface area (Å²) < 4.78 is 5.05. The van der Waals surface area contributed by atoms with Crippen LogP contribution in [0.3, 0.4) is 0 Å². The molecule has 3 rings (SSSR count). The zero-order valence-electron chi connectivity index (χ0n) is 14.4. The Kier molecular flexibility index (Phi) is 5.52. The quantitative estimate of drug-likeness (QED) is 0.804. The summed E-state index contributed by atoms with van der Waals surface area (Å²) in [6.07, 6.45) is 1.43. The zero-order valence-corrected chi connectivity index (χ0v) is 15.2. The van der Waals surface area contributed by atoms with Gasteiger partial charge in [0.05, 0.1) is 17.6 Å². The second-order valence-electron chi connectivity index (χ2n) is 5.90. The van der Waals surface area contributed by atoms with Crippen molar-refractivity contribution in [3.05, 3.63) is 48.4 Å². The number of carbonyl (C=O) groups excluding carboxylic acids is 2. The van der Waals surface area contributed by atoms with Crippen LogP contribution < -0.4 is 15.5 Å². The highest BCUT2D eigenvalue weighted by molar-refractivity contribution is 7.80. The molecule has 2 aromatic rings. The first kappa shape index (κ1) is 17.9. The van der Waals surface area contributed by atoms with Crippen LogP contribution in [-0.4, -0.2) is 48.0 Å². The molecule has 1 aromatic heterocycles. The number of hydrogen-bond donors (Lipinski definition) is 2. The van der Waals surface area contributed by atoms with Crippen LogP contribution in [0.5, 0.6) is 0 Å². The Hall–Kier alpha value is -2.87. The molecule has 0 aliphatic carbocycles. The monoisotopic (exact) mass is 372 g/mol. The fraction of sp³-hybridized carbons (Fsp3) is 0.278. The molecule has 0 radical (unpaired) electrons. The van der Waals surface area contributed by atoms with Crippen LogP contribution in [0.25, 0.3) is 0 Å². The fourth-order valence-electron chi connectivity index (χ4n) is 2.84. The van der Waals surface area contributed by atoms with E-state index in [1.54, 1.807) is 19.1 Å². The van der Waals surface area contributed by atoms with E-state index in [2.05, 4.69) is 15.5 Å². The Bertz CT molecular complexity index is 799. The summed E-state index contributed by atoms with van der Waals surface area (Å²) in [5.41, 5.74) is 1.78. The topological polar surface area (TPSA) is 77.8 Å². The summed E-state index contributed by atoms with van der Waals surface area (Å²) in [6, 6.07) is 10.9. The van der Waals surface area contributed by atoms with Crippen molar-refractivity contribution in [2.24, 2.45) is 0 Å². The van der Waals surface area contributed by atoms with E-state index in [0.29, 0.717) is 13.1 Å². The van der Waals surface area contributed by atoms with Crippen LogP contribution >= 0.6 is 12.2 Å². The average molecular weight is 372 g/mol. The molecule has 0 spiro atoms.